The van der Waals surface area contributed by atoms with Crippen molar-refractivity contribution in [3.63, 3.8) is 0 Å². The molecule has 0 radical (unpaired) electrons. The van der Waals surface area contributed by atoms with Gasteiger partial charge in [-0.05, 0) is 31.6 Å². The van der Waals surface area contributed by atoms with E-state index < -0.39 is 35.1 Å². The van der Waals surface area contributed by atoms with Crippen LogP contribution in [0.4, 0.5) is 23.5 Å². The molecule has 11 heteroatoms. The van der Waals surface area contributed by atoms with Crippen LogP contribution in [0.2, 0.25) is 0 Å². The largest absolute Gasteiger partial charge is 0.397 e. The molecule has 7 nitrogen and oxygen atoms in total. The zero-order chi connectivity index (χ0) is 21.2. The number of aliphatic hydroxyl groups excluding tert-OH is 1. The molecule has 0 spiro atoms. The number of aromatic nitrogens is 3. The molecule has 1 saturated carbocycles. The summed E-state index contributed by atoms with van der Waals surface area (Å²) in [4.78, 5) is 3.57. The Morgan fingerprint density at radius 1 is 1.31 bits per heavy atom. The first-order valence-electron chi connectivity index (χ1n) is 9.29. The average Bonchev–Trinajstić information content (AvgIpc) is 2.89. The third-order valence-electron chi connectivity index (χ3n) is 5.19. The number of halogens is 4. The van der Waals surface area contributed by atoms with Gasteiger partial charge in [0.15, 0.2) is 5.82 Å². The van der Waals surface area contributed by atoms with Crippen LogP contribution >= 0.6 is 0 Å². The summed E-state index contributed by atoms with van der Waals surface area (Å²) in [6.07, 6.45) is -0.431. The van der Waals surface area contributed by atoms with E-state index in [2.05, 4.69) is 10.1 Å². The molecule has 2 fully saturated rings. The van der Waals surface area contributed by atoms with Crippen molar-refractivity contribution in [2.24, 2.45) is 5.92 Å². The summed E-state index contributed by atoms with van der Waals surface area (Å²) in [6.45, 7) is 1.37. The lowest BCUT2D eigenvalue weighted by Gasteiger charge is -2.34. The highest BCUT2D eigenvalue weighted by Crippen LogP contribution is 2.49. The van der Waals surface area contributed by atoms with Crippen LogP contribution in [0.15, 0.2) is 6.20 Å². The van der Waals surface area contributed by atoms with Crippen LogP contribution in [-0.2, 0) is 4.74 Å². The number of nitriles is 1. The van der Waals surface area contributed by atoms with E-state index in [4.69, 9.17) is 20.8 Å². The van der Waals surface area contributed by atoms with Crippen molar-refractivity contribution in [3.05, 3.63) is 23.3 Å². The van der Waals surface area contributed by atoms with Crippen LogP contribution < -0.4 is 5.73 Å². The molecule has 2 atom stereocenters. The van der Waals surface area contributed by atoms with Gasteiger partial charge >= 0.3 is 6.18 Å². The monoisotopic (exact) mass is 415 g/mol. The van der Waals surface area contributed by atoms with E-state index in [-0.39, 0.29) is 17.6 Å². The lowest BCUT2D eigenvalue weighted by Crippen LogP contribution is -2.34. The quantitative estimate of drug-likeness (QED) is 0.730. The maximum atomic E-state index is 14.2. The summed E-state index contributed by atoms with van der Waals surface area (Å²) in [5.74, 6) is -3.96. The van der Waals surface area contributed by atoms with E-state index in [0.717, 1.165) is 30.2 Å². The molecule has 1 aliphatic heterocycles. The van der Waals surface area contributed by atoms with Crippen LogP contribution in [0.25, 0.3) is 5.52 Å². The van der Waals surface area contributed by atoms with Crippen LogP contribution in [0.1, 0.15) is 49.3 Å². The average molecular weight is 415 g/mol. The summed E-state index contributed by atoms with van der Waals surface area (Å²) >= 11 is 0. The fraction of sp³-hybridized carbons (Fsp3) is 0.611. The van der Waals surface area contributed by atoms with Crippen LogP contribution in [0, 0.1) is 23.1 Å². The lowest BCUT2D eigenvalue weighted by atomic mass is 9.73. The fourth-order valence-electron chi connectivity index (χ4n) is 3.58. The van der Waals surface area contributed by atoms with Gasteiger partial charge in [-0.2, -0.15) is 18.4 Å². The van der Waals surface area contributed by atoms with Gasteiger partial charge in [0.05, 0.1) is 24.6 Å². The third-order valence-corrected chi connectivity index (χ3v) is 5.19. The highest BCUT2D eigenvalue weighted by atomic mass is 19.4. The maximum Gasteiger partial charge on any atom is 0.397 e. The Morgan fingerprint density at radius 2 is 2.03 bits per heavy atom. The Hall–Kier alpha value is -2.45. The van der Waals surface area contributed by atoms with Gasteiger partial charge in [-0.1, -0.05) is 6.42 Å². The lowest BCUT2D eigenvalue weighted by molar-refractivity contribution is -0.169. The molecule has 2 aromatic rings. The van der Waals surface area contributed by atoms with Crippen molar-refractivity contribution in [1.82, 2.24) is 14.6 Å². The molecule has 1 saturated heterocycles. The van der Waals surface area contributed by atoms with Crippen LogP contribution in [0.5, 0.6) is 0 Å². The number of fused-ring (bicyclic) bond motifs is 1. The second-order valence-corrected chi connectivity index (χ2v) is 7.18. The molecule has 3 N–H and O–H groups in total. The standard InChI is InChI=1S/C13H11F4N5.C5H10O2/c14-10-7(4-18)11(22-8(10)5-20-12(19)21-22)9(13(15,16)17)6-2-1-3-6;6-5-2-1-3-7-4-5/h5-6,9H,1-3H2,(H2,19,21);5-6H,1-4H2. The van der Waals surface area contributed by atoms with Crippen molar-refractivity contribution in [2.75, 3.05) is 18.9 Å². The molecule has 3 heterocycles. The minimum Gasteiger partial charge on any atom is -0.391 e. The molecule has 2 aliphatic rings. The number of rotatable bonds is 2. The summed E-state index contributed by atoms with van der Waals surface area (Å²) in [7, 11) is 0. The SMILES string of the molecule is N#Cc1c(F)c2cnc(N)nn2c1C(C1CCC1)C(F)(F)F.OC1CCCOC1. The van der Waals surface area contributed by atoms with Gasteiger partial charge in [-0.3, -0.25) is 0 Å². The number of nitrogens with zero attached hydrogens (tertiary/aromatic N) is 4. The van der Waals surface area contributed by atoms with E-state index in [1.54, 1.807) is 0 Å². The fourth-order valence-corrected chi connectivity index (χ4v) is 3.58. The van der Waals surface area contributed by atoms with Crippen LogP contribution in [-0.4, -0.2) is 45.2 Å². The van der Waals surface area contributed by atoms with Crippen molar-refractivity contribution < 1.29 is 27.4 Å². The topological polar surface area (TPSA) is 109 Å². The van der Waals surface area contributed by atoms with E-state index >= 15 is 0 Å². The van der Waals surface area contributed by atoms with E-state index in [1.807, 2.05) is 0 Å². The van der Waals surface area contributed by atoms with E-state index in [9.17, 15) is 17.6 Å². The van der Waals surface area contributed by atoms with E-state index in [1.165, 1.54) is 6.07 Å². The van der Waals surface area contributed by atoms with Gasteiger partial charge in [0.2, 0.25) is 5.95 Å². The molecule has 2 aromatic heterocycles. The van der Waals surface area contributed by atoms with Crippen LogP contribution in [0.3, 0.4) is 0 Å². The first-order chi connectivity index (χ1) is 13.7. The summed E-state index contributed by atoms with van der Waals surface area (Å²) in [6, 6.07) is 1.52. The molecule has 0 bridgehead atoms. The minimum atomic E-state index is -4.60. The number of nitrogens with two attached hydrogens (primary N) is 1. The zero-order valence-corrected chi connectivity index (χ0v) is 15.5. The maximum absolute atomic E-state index is 14.2. The summed E-state index contributed by atoms with van der Waals surface area (Å²) in [5.41, 5.74) is 3.98. The van der Waals surface area contributed by atoms with Crippen molar-refractivity contribution in [3.8, 4) is 6.07 Å². The molecular formula is C18H21F4N5O2. The molecule has 29 heavy (non-hydrogen) atoms. The summed E-state index contributed by atoms with van der Waals surface area (Å²) < 4.78 is 60.5. The van der Waals surface area contributed by atoms with Gasteiger partial charge < -0.3 is 15.6 Å². The number of hydrogen-bond acceptors (Lipinski definition) is 6. The molecule has 0 amide bonds. The number of hydrogen-bond donors (Lipinski definition) is 2. The Bertz CT molecular complexity index is 898. The molecular weight excluding hydrogens is 394 g/mol. The Kier molecular flexibility index (Phi) is 6.24. The van der Waals surface area contributed by atoms with Crippen molar-refractivity contribution in [1.29, 1.82) is 5.26 Å². The number of nitrogen functional groups attached to an aromatic ring is 1. The number of alkyl halides is 3. The molecule has 1 aliphatic carbocycles. The first kappa shape index (κ1) is 21.3. The zero-order valence-electron chi connectivity index (χ0n) is 15.5. The minimum absolute atomic E-state index is 0.186. The van der Waals surface area contributed by atoms with Gasteiger partial charge in [0, 0.05) is 6.61 Å². The number of ether oxygens (including phenoxy) is 1. The predicted molar refractivity (Wildman–Crippen MR) is 94.3 cm³/mol. The highest BCUT2D eigenvalue weighted by molar-refractivity contribution is 5.58. The second kappa shape index (κ2) is 8.51. The summed E-state index contributed by atoms with van der Waals surface area (Å²) in [5, 5.41) is 21.6. The van der Waals surface area contributed by atoms with Gasteiger partial charge in [0.1, 0.15) is 23.1 Å². The van der Waals surface area contributed by atoms with Gasteiger partial charge in [-0.25, -0.2) is 13.9 Å². The Morgan fingerprint density at radius 3 is 2.48 bits per heavy atom. The second-order valence-electron chi connectivity index (χ2n) is 7.18. The van der Waals surface area contributed by atoms with E-state index in [0.29, 0.717) is 25.9 Å². The van der Waals surface area contributed by atoms with Crippen molar-refractivity contribution >= 4 is 11.5 Å². The van der Waals surface area contributed by atoms with Gasteiger partial charge in [-0.15, -0.1) is 5.10 Å². The predicted octanol–water partition coefficient (Wildman–Crippen LogP) is 2.93. The smallest absolute Gasteiger partial charge is 0.391 e. The molecule has 158 valence electrons. The molecule has 4 rings (SSSR count). The normalized spacial score (nSPS) is 21.0. The highest BCUT2D eigenvalue weighted by Gasteiger charge is 2.50. The third kappa shape index (κ3) is 4.43. The Labute approximate surface area is 164 Å². The Balaban J connectivity index is 0.000000290. The number of aliphatic hydroxyl groups is 1. The molecule has 0 aromatic carbocycles. The molecule has 2 unspecified atom stereocenters. The number of anilines is 1. The van der Waals surface area contributed by atoms with Gasteiger partial charge in [0.25, 0.3) is 0 Å². The first-order valence-corrected chi connectivity index (χ1v) is 9.29. The van der Waals surface area contributed by atoms with Crippen molar-refractivity contribution in [2.45, 2.75) is 50.3 Å².